The summed E-state index contributed by atoms with van der Waals surface area (Å²) in [6.07, 6.45) is 0. The average molecular weight is 277 g/mol. The van der Waals surface area contributed by atoms with Gasteiger partial charge in [0.05, 0.1) is 18.1 Å². The van der Waals surface area contributed by atoms with E-state index in [0.717, 1.165) is 11.3 Å². The molecule has 2 heterocycles. The lowest BCUT2D eigenvalue weighted by Gasteiger charge is -2.26. The van der Waals surface area contributed by atoms with E-state index in [1.165, 1.54) is 6.07 Å². The zero-order valence-electron chi connectivity index (χ0n) is 8.72. The number of hydrogen-bond donors (Lipinski definition) is 0. The van der Waals surface area contributed by atoms with Gasteiger partial charge in [0.2, 0.25) is 0 Å². The standard InChI is InChI=1S/C9H9ClN2O4S/c10-8-6(12(14)15)5-7(17-8)9(13)11-1-3-16-4-2-11/h5H,1-4H2. The van der Waals surface area contributed by atoms with Crippen LogP contribution in [0.4, 0.5) is 5.69 Å². The summed E-state index contributed by atoms with van der Waals surface area (Å²) in [5.74, 6) is -0.228. The van der Waals surface area contributed by atoms with Gasteiger partial charge >= 0.3 is 0 Å². The molecule has 1 amide bonds. The van der Waals surface area contributed by atoms with Crippen LogP contribution in [0.5, 0.6) is 0 Å². The van der Waals surface area contributed by atoms with Gasteiger partial charge in [-0.1, -0.05) is 11.6 Å². The molecular formula is C9H9ClN2O4S. The molecule has 2 rings (SSSR count). The van der Waals surface area contributed by atoms with Crippen molar-refractivity contribution < 1.29 is 14.5 Å². The molecule has 0 radical (unpaired) electrons. The maximum Gasteiger partial charge on any atom is 0.299 e. The van der Waals surface area contributed by atoms with Crippen LogP contribution in [0, 0.1) is 10.1 Å². The minimum atomic E-state index is -0.588. The fraction of sp³-hybridized carbons (Fsp3) is 0.444. The molecule has 0 bridgehead atoms. The Balaban J connectivity index is 2.19. The molecule has 0 N–H and O–H groups in total. The highest BCUT2D eigenvalue weighted by Gasteiger charge is 2.25. The molecule has 1 fully saturated rings. The van der Waals surface area contributed by atoms with Crippen LogP contribution >= 0.6 is 22.9 Å². The summed E-state index contributed by atoms with van der Waals surface area (Å²) < 4.78 is 5.16. The van der Waals surface area contributed by atoms with Crippen molar-refractivity contribution in [1.29, 1.82) is 0 Å². The number of nitro groups is 1. The number of thiophene rings is 1. The van der Waals surface area contributed by atoms with Crippen LogP contribution in [0.3, 0.4) is 0 Å². The zero-order valence-corrected chi connectivity index (χ0v) is 10.3. The number of hydrogen-bond acceptors (Lipinski definition) is 5. The van der Waals surface area contributed by atoms with Crippen molar-refractivity contribution in [1.82, 2.24) is 4.90 Å². The number of rotatable bonds is 2. The Morgan fingerprint density at radius 1 is 1.53 bits per heavy atom. The van der Waals surface area contributed by atoms with Crippen LogP contribution in [0.2, 0.25) is 4.34 Å². The first-order chi connectivity index (χ1) is 8.09. The predicted molar refractivity (Wildman–Crippen MR) is 62.7 cm³/mol. The van der Waals surface area contributed by atoms with Crippen molar-refractivity contribution in [2.75, 3.05) is 26.3 Å². The fourth-order valence-electron chi connectivity index (χ4n) is 1.51. The van der Waals surface area contributed by atoms with Crippen molar-refractivity contribution in [2.45, 2.75) is 0 Å². The highest BCUT2D eigenvalue weighted by atomic mass is 35.5. The summed E-state index contributed by atoms with van der Waals surface area (Å²) in [7, 11) is 0. The molecule has 1 saturated heterocycles. The Bertz CT molecular complexity index is 456. The molecule has 1 aromatic rings. The van der Waals surface area contributed by atoms with Crippen LogP contribution in [0.25, 0.3) is 0 Å². The van der Waals surface area contributed by atoms with Crippen molar-refractivity contribution >= 4 is 34.5 Å². The van der Waals surface area contributed by atoms with Gasteiger partial charge in [-0.3, -0.25) is 14.9 Å². The van der Waals surface area contributed by atoms with Crippen LogP contribution in [0.1, 0.15) is 9.67 Å². The first-order valence-electron chi connectivity index (χ1n) is 4.90. The molecule has 17 heavy (non-hydrogen) atoms. The highest BCUT2D eigenvalue weighted by molar-refractivity contribution is 7.18. The molecule has 1 aromatic heterocycles. The van der Waals surface area contributed by atoms with Crippen molar-refractivity contribution in [3.63, 3.8) is 0 Å². The lowest BCUT2D eigenvalue weighted by atomic mass is 10.3. The Hall–Kier alpha value is -1.18. The third-order valence-electron chi connectivity index (χ3n) is 2.37. The van der Waals surface area contributed by atoms with E-state index in [9.17, 15) is 14.9 Å². The SMILES string of the molecule is O=C(c1cc([N+](=O)[O-])c(Cl)s1)N1CCOCC1. The summed E-state index contributed by atoms with van der Waals surface area (Å²) in [6, 6.07) is 1.23. The van der Waals surface area contributed by atoms with Crippen molar-refractivity contribution in [3.05, 3.63) is 25.4 Å². The molecule has 0 saturated carbocycles. The molecule has 0 aromatic carbocycles. The third-order valence-corrected chi connectivity index (χ3v) is 3.70. The smallest absolute Gasteiger partial charge is 0.299 e. The second kappa shape index (κ2) is 4.99. The van der Waals surface area contributed by atoms with Crippen LogP contribution < -0.4 is 0 Å². The Labute approximate surface area is 106 Å². The van der Waals surface area contributed by atoms with E-state index in [-0.39, 0.29) is 15.9 Å². The molecular weight excluding hydrogens is 268 g/mol. The normalized spacial score (nSPS) is 15.9. The van der Waals surface area contributed by atoms with Gasteiger partial charge in [0.15, 0.2) is 4.34 Å². The summed E-state index contributed by atoms with van der Waals surface area (Å²) in [5.41, 5.74) is -0.215. The number of nitrogens with zero attached hydrogens (tertiary/aromatic N) is 2. The summed E-state index contributed by atoms with van der Waals surface area (Å²) >= 11 is 6.64. The first kappa shape index (κ1) is 12.3. The highest BCUT2D eigenvalue weighted by Crippen LogP contribution is 2.34. The molecule has 0 aliphatic carbocycles. The van der Waals surface area contributed by atoms with E-state index in [1.807, 2.05) is 0 Å². The van der Waals surface area contributed by atoms with Gasteiger partial charge in [0, 0.05) is 19.2 Å². The summed E-state index contributed by atoms with van der Waals surface area (Å²) in [6.45, 7) is 1.99. The summed E-state index contributed by atoms with van der Waals surface area (Å²) in [4.78, 5) is 23.9. The molecule has 6 nitrogen and oxygen atoms in total. The van der Waals surface area contributed by atoms with Crippen LogP contribution in [-0.4, -0.2) is 42.0 Å². The molecule has 1 aliphatic heterocycles. The third kappa shape index (κ3) is 2.56. The minimum Gasteiger partial charge on any atom is -0.378 e. The molecule has 8 heteroatoms. The van der Waals surface area contributed by atoms with Gasteiger partial charge in [0.1, 0.15) is 4.88 Å². The second-order valence-electron chi connectivity index (χ2n) is 3.43. The van der Waals surface area contributed by atoms with Gasteiger partial charge in [-0.15, -0.1) is 11.3 Å². The van der Waals surface area contributed by atoms with E-state index >= 15 is 0 Å². The van der Waals surface area contributed by atoms with Gasteiger partial charge < -0.3 is 9.64 Å². The number of morpholine rings is 1. The van der Waals surface area contributed by atoms with Crippen LogP contribution in [0.15, 0.2) is 6.07 Å². The number of carbonyl (C=O) groups is 1. The molecule has 92 valence electrons. The lowest BCUT2D eigenvalue weighted by molar-refractivity contribution is -0.384. The number of ether oxygens (including phenoxy) is 1. The number of halogens is 1. The number of amides is 1. The fourth-order valence-corrected chi connectivity index (χ4v) is 2.70. The van der Waals surface area contributed by atoms with E-state index in [2.05, 4.69) is 0 Å². The molecule has 0 unspecified atom stereocenters. The largest absolute Gasteiger partial charge is 0.378 e. The van der Waals surface area contributed by atoms with E-state index < -0.39 is 4.92 Å². The van der Waals surface area contributed by atoms with E-state index in [1.54, 1.807) is 4.90 Å². The topological polar surface area (TPSA) is 72.7 Å². The van der Waals surface area contributed by atoms with Gasteiger partial charge in [-0.05, 0) is 0 Å². The molecule has 1 aliphatic rings. The minimum absolute atomic E-state index is 0.0339. The molecule has 0 spiro atoms. The second-order valence-corrected chi connectivity index (χ2v) is 5.09. The van der Waals surface area contributed by atoms with Crippen molar-refractivity contribution in [3.8, 4) is 0 Å². The zero-order chi connectivity index (χ0) is 12.4. The maximum atomic E-state index is 12.0. The molecule has 0 atom stereocenters. The van der Waals surface area contributed by atoms with E-state index in [0.29, 0.717) is 31.2 Å². The summed E-state index contributed by atoms with van der Waals surface area (Å²) in [5, 5.41) is 10.6. The lowest BCUT2D eigenvalue weighted by Crippen LogP contribution is -2.40. The quantitative estimate of drug-likeness (QED) is 0.610. The van der Waals surface area contributed by atoms with E-state index in [4.69, 9.17) is 16.3 Å². The predicted octanol–water partition coefficient (Wildman–Crippen LogP) is 1.78. The van der Waals surface area contributed by atoms with Crippen LogP contribution in [-0.2, 0) is 4.74 Å². The maximum absolute atomic E-state index is 12.0. The Morgan fingerprint density at radius 3 is 2.71 bits per heavy atom. The first-order valence-corrected chi connectivity index (χ1v) is 6.10. The monoisotopic (exact) mass is 276 g/mol. The van der Waals surface area contributed by atoms with Gasteiger partial charge in [-0.25, -0.2) is 0 Å². The van der Waals surface area contributed by atoms with Gasteiger partial charge in [-0.2, -0.15) is 0 Å². The van der Waals surface area contributed by atoms with Gasteiger partial charge in [0.25, 0.3) is 11.6 Å². The van der Waals surface area contributed by atoms with Crippen molar-refractivity contribution in [2.24, 2.45) is 0 Å². The number of carbonyl (C=O) groups excluding carboxylic acids is 1. The Morgan fingerprint density at radius 2 is 2.18 bits per heavy atom. The Kier molecular flexibility index (Phi) is 3.60. The average Bonchev–Trinajstić information content (AvgIpc) is 2.71.